The summed E-state index contributed by atoms with van der Waals surface area (Å²) in [6.45, 7) is 1.86. The summed E-state index contributed by atoms with van der Waals surface area (Å²) < 4.78 is 4.50. The minimum Gasteiger partial charge on any atom is -0.468 e. The van der Waals surface area contributed by atoms with E-state index >= 15 is 0 Å². The molecule has 0 bridgehead atoms. The van der Waals surface area contributed by atoms with Crippen molar-refractivity contribution in [1.29, 1.82) is 0 Å². The van der Waals surface area contributed by atoms with E-state index in [9.17, 15) is 4.79 Å². The smallest absolute Gasteiger partial charge is 0.322 e. The second-order valence-corrected chi connectivity index (χ2v) is 3.37. The molecule has 3 N–H and O–H groups in total. The molecular weight excluding hydrogens is 158 g/mol. The van der Waals surface area contributed by atoms with Gasteiger partial charge in [0.25, 0.3) is 0 Å². The van der Waals surface area contributed by atoms with Crippen molar-refractivity contribution in [3.63, 3.8) is 0 Å². The van der Waals surface area contributed by atoms with Gasteiger partial charge in [-0.25, -0.2) is 0 Å². The topological polar surface area (TPSA) is 72.5 Å². The first-order valence-electron chi connectivity index (χ1n) is 4.09. The Morgan fingerprint density at radius 2 is 2.25 bits per heavy atom. The van der Waals surface area contributed by atoms with Gasteiger partial charge in [0.1, 0.15) is 6.04 Å². The summed E-state index contributed by atoms with van der Waals surface area (Å²) in [5.74, 6) is -0.215. The van der Waals surface area contributed by atoms with Crippen molar-refractivity contribution < 1.29 is 14.6 Å². The first kappa shape index (κ1) is 9.48. The van der Waals surface area contributed by atoms with Crippen molar-refractivity contribution in [2.45, 2.75) is 25.5 Å². The standard InChI is InChI=1S/C8H15NO3/c1-4(5-3-6(5)10)7(9)8(11)12-2/h4-7,10H,3,9H2,1-2H3/t4-,5-,6-,7+/m1/s1. The SMILES string of the molecule is COC(=O)[C@@H](N)[C@H](C)[C@H]1C[C@H]1O. The monoisotopic (exact) mass is 173 g/mol. The Bertz CT molecular complexity index is 183. The molecule has 0 aromatic carbocycles. The number of carbonyl (C=O) groups excluding carboxylic acids is 1. The highest BCUT2D eigenvalue weighted by molar-refractivity contribution is 5.75. The van der Waals surface area contributed by atoms with E-state index in [1.807, 2.05) is 6.92 Å². The van der Waals surface area contributed by atoms with Crippen molar-refractivity contribution >= 4 is 5.97 Å². The summed E-state index contributed by atoms with van der Waals surface area (Å²) >= 11 is 0. The highest BCUT2D eigenvalue weighted by atomic mass is 16.5. The zero-order valence-electron chi connectivity index (χ0n) is 7.36. The molecule has 1 fully saturated rings. The van der Waals surface area contributed by atoms with E-state index in [0.29, 0.717) is 0 Å². The van der Waals surface area contributed by atoms with Crippen LogP contribution in [-0.4, -0.2) is 30.3 Å². The molecule has 0 unspecified atom stereocenters. The number of ether oxygens (including phenoxy) is 1. The molecule has 4 nitrogen and oxygen atoms in total. The molecule has 0 heterocycles. The lowest BCUT2D eigenvalue weighted by Crippen LogP contribution is -2.39. The van der Waals surface area contributed by atoms with E-state index in [2.05, 4.69) is 4.74 Å². The molecular formula is C8H15NO3. The maximum absolute atomic E-state index is 11.0. The number of aliphatic hydroxyl groups excluding tert-OH is 1. The third kappa shape index (κ3) is 1.76. The van der Waals surface area contributed by atoms with Gasteiger partial charge in [0, 0.05) is 0 Å². The van der Waals surface area contributed by atoms with Crippen LogP contribution in [0.2, 0.25) is 0 Å². The minimum atomic E-state index is -0.600. The molecule has 4 heteroatoms. The molecule has 4 atom stereocenters. The summed E-state index contributed by atoms with van der Waals surface area (Å²) in [5, 5.41) is 9.09. The molecule has 0 aliphatic heterocycles. The van der Waals surface area contributed by atoms with E-state index in [0.717, 1.165) is 6.42 Å². The van der Waals surface area contributed by atoms with Gasteiger partial charge in [-0.15, -0.1) is 0 Å². The second-order valence-electron chi connectivity index (χ2n) is 3.37. The van der Waals surface area contributed by atoms with E-state index in [4.69, 9.17) is 10.8 Å². The quantitative estimate of drug-likeness (QED) is 0.564. The summed E-state index contributed by atoms with van der Waals surface area (Å²) in [7, 11) is 1.32. The van der Waals surface area contributed by atoms with Crippen LogP contribution in [-0.2, 0) is 9.53 Å². The van der Waals surface area contributed by atoms with Crippen molar-refractivity contribution in [2.75, 3.05) is 7.11 Å². The molecule has 70 valence electrons. The molecule has 0 spiro atoms. The molecule has 0 amide bonds. The zero-order valence-corrected chi connectivity index (χ0v) is 7.36. The molecule has 1 aliphatic rings. The fraction of sp³-hybridized carbons (Fsp3) is 0.875. The predicted molar refractivity (Wildman–Crippen MR) is 43.3 cm³/mol. The molecule has 12 heavy (non-hydrogen) atoms. The van der Waals surface area contributed by atoms with Gasteiger partial charge >= 0.3 is 5.97 Å². The van der Waals surface area contributed by atoms with Crippen molar-refractivity contribution in [1.82, 2.24) is 0 Å². The Hall–Kier alpha value is -0.610. The molecule has 1 rings (SSSR count). The van der Waals surface area contributed by atoms with Crippen LogP contribution in [0.25, 0.3) is 0 Å². The maximum Gasteiger partial charge on any atom is 0.322 e. The van der Waals surface area contributed by atoms with E-state index in [1.165, 1.54) is 7.11 Å². The first-order valence-corrected chi connectivity index (χ1v) is 4.09. The van der Waals surface area contributed by atoms with Gasteiger partial charge in [-0.05, 0) is 18.3 Å². The first-order chi connectivity index (χ1) is 5.57. The van der Waals surface area contributed by atoms with E-state index < -0.39 is 12.0 Å². The van der Waals surface area contributed by atoms with Gasteiger partial charge < -0.3 is 15.6 Å². The lowest BCUT2D eigenvalue weighted by Gasteiger charge is -2.16. The van der Waals surface area contributed by atoms with Crippen molar-refractivity contribution in [3.05, 3.63) is 0 Å². The highest BCUT2D eigenvalue weighted by Gasteiger charge is 2.43. The molecule has 0 aromatic rings. The van der Waals surface area contributed by atoms with Gasteiger partial charge in [-0.2, -0.15) is 0 Å². The summed E-state index contributed by atoms with van der Waals surface area (Å²) in [6.07, 6.45) is 0.488. The largest absolute Gasteiger partial charge is 0.468 e. The third-order valence-corrected chi connectivity index (χ3v) is 2.52. The van der Waals surface area contributed by atoms with E-state index in [-0.39, 0.29) is 17.9 Å². The van der Waals surface area contributed by atoms with Gasteiger partial charge in [-0.3, -0.25) is 4.79 Å². The van der Waals surface area contributed by atoms with Crippen LogP contribution < -0.4 is 5.73 Å². The summed E-state index contributed by atoms with van der Waals surface area (Å²) in [4.78, 5) is 11.0. The average molecular weight is 173 g/mol. The number of methoxy groups -OCH3 is 1. The average Bonchev–Trinajstić information content (AvgIpc) is 2.78. The van der Waals surface area contributed by atoms with Crippen molar-refractivity contribution in [3.8, 4) is 0 Å². The lowest BCUT2D eigenvalue weighted by molar-refractivity contribution is -0.143. The predicted octanol–water partition coefficient (Wildman–Crippen LogP) is -0.496. The molecule has 1 saturated carbocycles. The van der Waals surface area contributed by atoms with Gasteiger partial charge in [0.05, 0.1) is 13.2 Å². The van der Waals surface area contributed by atoms with Crippen LogP contribution in [0.3, 0.4) is 0 Å². The second kappa shape index (κ2) is 3.41. The Balaban J connectivity index is 2.41. The third-order valence-electron chi connectivity index (χ3n) is 2.52. The normalized spacial score (nSPS) is 32.3. The van der Waals surface area contributed by atoms with Crippen LogP contribution >= 0.6 is 0 Å². The molecule has 0 aromatic heterocycles. The summed E-state index contributed by atoms with van der Waals surface area (Å²) in [5.41, 5.74) is 5.59. The van der Waals surface area contributed by atoms with Gasteiger partial charge in [0.2, 0.25) is 0 Å². The van der Waals surface area contributed by atoms with Crippen LogP contribution in [0, 0.1) is 11.8 Å². The van der Waals surface area contributed by atoms with Gasteiger partial charge in [-0.1, -0.05) is 6.92 Å². The fourth-order valence-corrected chi connectivity index (χ4v) is 1.38. The number of nitrogens with two attached hydrogens (primary N) is 1. The minimum absolute atomic E-state index is 0.00690. The molecule has 0 radical (unpaired) electrons. The van der Waals surface area contributed by atoms with Crippen LogP contribution in [0.15, 0.2) is 0 Å². The number of rotatable bonds is 3. The zero-order chi connectivity index (χ0) is 9.30. The number of hydrogen-bond acceptors (Lipinski definition) is 4. The Kier molecular flexibility index (Phi) is 2.69. The Morgan fingerprint density at radius 3 is 2.58 bits per heavy atom. The van der Waals surface area contributed by atoms with E-state index in [1.54, 1.807) is 0 Å². The van der Waals surface area contributed by atoms with Crippen LogP contribution in [0.5, 0.6) is 0 Å². The Morgan fingerprint density at radius 1 is 1.75 bits per heavy atom. The van der Waals surface area contributed by atoms with Crippen LogP contribution in [0.1, 0.15) is 13.3 Å². The summed E-state index contributed by atoms with van der Waals surface area (Å²) in [6, 6.07) is -0.600. The fourth-order valence-electron chi connectivity index (χ4n) is 1.38. The molecule has 0 saturated heterocycles. The van der Waals surface area contributed by atoms with Gasteiger partial charge in [0.15, 0.2) is 0 Å². The maximum atomic E-state index is 11.0. The number of aliphatic hydroxyl groups is 1. The molecule has 1 aliphatic carbocycles. The Labute approximate surface area is 71.7 Å². The number of carbonyl (C=O) groups is 1. The van der Waals surface area contributed by atoms with Crippen molar-refractivity contribution in [2.24, 2.45) is 17.6 Å². The number of esters is 1. The highest BCUT2D eigenvalue weighted by Crippen LogP contribution is 2.38. The lowest BCUT2D eigenvalue weighted by atomic mass is 9.97. The van der Waals surface area contributed by atoms with Crippen LogP contribution in [0.4, 0.5) is 0 Å². The number of hydrogen-bond donors (Lipinski definition) is 2.